The van der Waals surface area contributed by atoms with E-state index in [4.69, 9.17) is 0 Å². The smallest absolute Gasteiger partial charge is 0.0445 e. The third-order valence-electron chi connectivity index (χ3n) is 17.2. The molecule has 0 fully saturated rings. The second-order valence-corrected chi connectivity index (χ2v) is 17.8. The molecular formula is C46H28. The van der Waals surface area contributed by atoms with E-state index in [1.54, 1.807) is 77.9 Å². The summed E-state index contributed by atoms with van der Waals surface area (Å²) in [4.78, 5) is 0. The molecule has 11 aliphatic rings. The minimum absolute atomic E-state index is 0.109. The van der Waals surface area contributed by atoms with Crippen LogP contribution < -0.4 is 0 Å². The standard InChI is InChI=1S/C46H28/c1-41-27-17-7-8-18-20-10-12-22-24-14-16-26-25-15-13-23-21-11-9-19(17)29(41)31(21)43(3)33(23)35(25)45(5)36(26)34(24)44(4)32(22)30(20)42(2,28(18)27)38-37(41)39(43)46(45,6)40(38)44/h7-16H,1-6H3/t41-,42+,43-,44+,45?,46?. The van der Waals surface area contributed by atoms with Crippen molar-refractivity contribution in [3.8, 4) is 0 Å². The second-order valence-electron chi connectivity index (χ2n) is 17.8. The first-order valence-electron chi connectivity index (χ1n) is 17.6. The molecule has 0 nitrogen and oxygen atoms in total. The predicted molar refractivity (Wildman–Crippen MR) is 175 cm³/mol. The molecule has 0 aromatic heterocycles. The summed E-state index contributed by atoms with van der Waals surface area (Å²) in [6, 6.07) is 25.3. The Morgan fingerprint density at radius 3 is 0.761 bits per heavy atom. The molecule has 0 radical (unpaired) electrons. The van der Waals surface area contributed by atoms with Gasteiger partial charge in [-0.3, -0.25) is 0 Å². The number of hydrogen-bond acceptors (Lipinski definition) is 0. The lowest BCUT2D eigenvalue weighted by atomic mass is 9.38. The number of allylic oxidation sites excluding steroid dienone is 4. The molecule has 0 saturated carbocycles. The average molecular weight is 581 g/mol. The molecule has 0 heteroatoms. The maximum Gasteiger partial charge on any atom is 0.0445 e. The third kappa shape index (κ3) is 1.24. The van der Waals surface area contributed by atoms with Gasteiger partial charge in [0.15, 0.2) is 0 Å². The Hall–Kier alpha value is -4.42. The van der Waals surface area contributed by atoms with E-state index in [0.717, 1.165) is 0 Å². The summed E-state index contributed by atoms with van der Waals surface area (Å²) in [5.41, 5.74) is 22.8. The van der Waals surface area contributed by atoms with Crippen LogP contribution in [0.3, 0.4) is 0 Å². The Morgan fingerprint density at radius 1 is 0.261 bits per heavy atom. The van der Waals surface area contributed by atoms with Crippen molar-refractivity contribution in [1.29, 1.82) is 0 Å². The molecule has 0 saturated heterocycles. The molecule has 6 atom stereocenters. The van der Waals surface area contributed by atoms with Crippen LogP contribution in [-0.4, -0.2) is 0 Å². The van der Waals surface area contributed by atoms with Crippen LogP contribution in [0, 0.1) is 57.6 Å². The van der Waals surface area contributed by atoms with E-state index in [-0.39, 0.29) is 32.5 Å². The van der Waals surface area contributed by atoms with Gasteiger partial charge in [-0.15, -0.1) is 0 Å². The zero-order chi connectivity index (χ0) is 29.9. The van der Waals surface area contributed by atoms with Crippen molar-refractivity contribution < 1.29 is 0 Å². The van der Waals surface area contributed by atoms with Gasteiger partial charge in [0.05, 0.1) is 0 Å². The summed E-state index contributed by atoms with van der Waals surface area (Å²) in [5.74, 6) is 0. The Kier molecular flexibility index (Phi) is 2.29. The van der Waals surface area contributed by atoms with Gasteiger partial charge in [-0.1, -0.05) is 74.5 Å². The van der Waals surface area contributed by atoms with E-state index >= 15 is 0 Å². The monoisotopic (exact) mass is 580 g/mol. The van der Waals surface area contributed by atoms with Gasteiger partial charge in [-0.2, -0.15) is 0 Å². The molecule has 0 bridgehead atoms. The summed E-state index contributed by atoms with van der Waals surface area (Å²) < 4.78 is 0. The summed E-state index contributed by atoms with van der Waals surface area (Å²) in [7, 11) is 0. The van der Waals surface area contributed by atoms with Crippen LogP contribution in [0.4, 0.5) is 0 Å². The SMILES string of the molecule is CC12C3=C4C5=C1[C@]1(C)c6c7c8ccc6=c6ccc9c(c61)[C@]5(C)c1c5c(ccc1=9)=c1ccc6c(c1[C@]45C)[C@]3(C)c1c(c=8ccc1=6)C72C. The third-order valence-corrected chi connectivity index (χ3v) is 17.2. The summed E-state index contributed by atoms with van der Waals surface area (Å²) in [6.07, 6.45) is 0. The second kappa shape index (κ2) is 4.93. The Labute approximate surface area is 264 Å². The van der Waals surface area contributed by atoms with Crippen LogP contribution in [0.2, 0.25) is 0 Å². The molecule has 5 aromatic carbocycles. The fourth-order valence-electron chi connectivity index (χ4n) is 16.5. The quantitative estimate of drug-likeness (QED) is 0.170. The minimum atomic E-state index is -0.134. The molecule has 0 amide bonds. The van der Waals surface area contributed by atoms with E-state index in [9.17, 15) is 0 Å². The van der Waals surface area contributed by atoms with Crippen molar-refractivity contribution in [2.75, 3.05) is 0 Å². The van der Waals surface area contributed by atoms with Gasteiger partial charge < -0.3 is 0 Å². The zero-order valence-electron chi connectivity index (χ0n) is 26.8. The fraction of sp³-hybridized carbons (Fsp3) is 0.261. The van der Waals surface area contributed by atoms with Crippen LogP contribution in [0.1, 0.15) is 97.2 Å². The minimum Gasteiger partial charge on any atom is -0.0534 e. The molecule has 16 rings (SSSR count). The van der Waals surface area contributed by atoms with Crippen molar-refractivity contribution in [2.45, 2.75) is 68.6 Å². The number of hydrogen-bond donors (Lipinski definition) is 0. The highest BCUT2D eigenvalue weighted by Crippen LogP contribution is 2.85. The maximum atomic E-state index is 2.76. The molecule has 2 unspecified atom stereocenters. The van der Waals surface area contributed by atoms with E-state index in [2.05, 4.69) is 102 Å². The summed E-state index contributed by atoms with van der Waals surface area (Å²) >= 11 is 0. The Balaban J connectivity index is 1.44. The van der Waals surface area contributed by atoms with Gasteiger partial charge in [0.25, 0.3) is 0 Å². The molecular weight excluding hydrogens is 553 g/mol. The topological polar surface area (TPSA) is 0 Å². The van der Waals surface area contributed by atoms with Crippen molar-refractivity contribution in [2.24, 2.45) is 5.41 Å². The lowest BCUT2D eigenvalue weighted by Crippen LogP contribution is -2.60. The van der Waals surface area contributed by atoms with Crippen molar-refractivity contribution in [1.82, 2.24) is 0 Å². The number of rotatable bonds is 0. The first-order chi connectivity index (χ1) is 22.1. The first-order valence-corrected chi connectivity index (χ1v) is 17.6. The van der Waals surface area contributed by atoms with Gasteiger partial charge in [-0.25, -0.2) is 0 Å². The van der Waals surface area contributed by atoms with E-state index in [1.165, 1.54) is 52.2 Å². The lowest BCUT2D eigenvalue weighted by Gasteiger charge is -2.63. The summed E-state index contributed by atoms with van der Waals surface area (Å²) in [6.45, 7) is 16.2. The normalized spacial score (nSPS) is 38.1. The van der Waals surface area contributed by atoms with Crippen molar-refractivity contribution in [3.05, 3.63) is 191 Å². The zero-order valence-corrected chi connectivity index (χ0v) is 26.8. The fourth-order valence-corrected chi connectivity index (χ4v) is 16.5. The molecule has 0 aliphatic heterocycles. The van der Waals surface area contributed by atoms with Crippen LogP contribution in [-0.2, 0) is 27.1 Å². The van der Waals surface area contributed by atoms with E-state index in [1.807, 2.05) is 0 Å². The molecule has 0 N–H and O–H groups in total. The van der Waals surface area contributed by atoms with Crippen LogP contribution >= 0.6 is 0 Å². The summed E-state index contributed by atoms with van der Waals surface area (Å²) in [5, 5.41) is 15.1. The van der Waals surface area contributed by atoms with Gasteiger partial charge in [0, 0.05) is 32.5 Å². The van der Waals surface area contributed by atoms with Crippen LogP contribution in [0.15, 0.2) is 83.0 Å². The predicted octanol–water partition coefficient (Wildman–Crippen LogP) is 8.20. The van der Waals surface area contributed by atoms with Gasteiger partial charge in [0.1, 0.15) is 0 Å². The first kappa shape index (κ1) is 21.4. The molecule has 212 valence electrons. The Bertz CT molecular complexity index is 3220. The van der Waals surface area contributed by atoms with Gasteiger partial charge in [-0.05, 0) is 158 Å². The van der Waals surface area contributed by atoms with Gasteiger partial charge >= 0.3 is 0 Å². The molecule has 0 spiro atoms. The largest absolute Gasteiger partial charge is 0.0534 e. The highest BCUT2D eigenvalue weighted by Gasteiger charge is 2.79. The van der Waals surface area contributed by atoms with Crippen LogP contribution in [0.25, 0.3) is 0 Å². The number of benzene rings is 5. The van der Waals surface area contributed by atoms with Gasteiger partial charge in [0.2, 0.25) is 0 Å². The molecule has 11 aliphatic carbocycles. The van der Waals surface area contributed by atoms with Crippen molar-refractivity contribution in [3.63, 3.8) is 0 Å². The van der Waals surface area contributed by atoms with E-state index in [0.29, 0.717) is 0 Å². The lowest BCUT2D eigenvalue weighted by molar-refractivity contribution is 0.211. The highest BCUT2D eigenvalue weighted by molar-refractivity contribution is 5.94. The Morgan fingerprint density at radius 2 is 0.478 bits per heavy atom. The molecule has 0 heterocycles. The van der Waals surface area contributed by atoms with Crippen molar-refractivity contribution >= 4 is 0 Å². The van der Waals surface area contributed by atoms with E-state index < -0.39 is 0 Å². The molecule has 5 aromatic rings. The maximum absolute atomic E-state index is 2.76. The molecule has 46 heavy (non-hydrogen) atoms. The average Bonchev–Trinajstić information content (AvgIpc) is 3.80. The van der Waals surface area contributed by atoms with Crippen LogP contribution in [0.5, 0.6) is 0 Å². The highest BCUT2D eigenvalue weighted by atomic mass is 14.8.